The van der Waals surface area contributed by atoms with Gasteiger partial charge in [0.15, 0.2) is 0 Å². The Morgan fingerprint density at radius 3 is 2.47 bits per heavy atom. The van der Waals surface area contributed by atoms with Gasteiger partial charge in [-0.05, 0) is 24.6 Å². The van der Waals surface area contributed by atoms with E-state index in [0.29, 0.717) is 0 Å². The maximum absolute atomic E-state index is 9.63. The van der Waals surface area contributed by atoms with E-state index in [4.69, 9.17) is 5.11 Å². The van der Waals surface area contributed by atoms with Crippen molar-refractivity contribution in [2.45, 2.75) is 13.0 Å². The fraction of sp³-hybridized carbons (Fsp3) is 0.571. The van der Waals surface area contributed by atoms with Crippen LogP contribution in [0.1, 0.15) is 18.6 Å². The van der Waals surface area contributed by atoms with Crippen LogP contribution in [0.25, 0.3) is 0 Å². The largest absolute Gasteiger partial charge is 0.395 e. The zero-order chi connectivity index (χ0) is 13.8. The van der Waals surface area contributed by atoms with E-state index in [1.165, 1.54) is 5.69 Å². The lowest BCUT2D eigenvalue weighted by Crippen LogP contribution is -2.47. The molecule has 4 nitrogen and oxygen atoms in total. The van der Waals surface area contributed by atoms with Crippen molar-refractivity contribution in [2.24, 2.45) is 0 Å². The van der Waals surface area contributed by atoms with E-state index in [9.17, 15) is 5.11 Å². The van der Waals surface area contributed by atoms with Crippen LogP contribution < -0.4 is 4.90 Å². The summed E-state index contributed by atoms with van der Waals surface area (Å²) in [6.45, 7) is 6.67. The molecule has 1 aliphatic heterocycles. The van der Waals surface area contributed by atoms with Gasteiger partial charge in [0.2, 0.25) is 0 Å². The van der Waals surface area contributed by atoms with Crippen molar-refractivity contribution in [3.8, 4) is 0 Å². The van der Waals surface area contributed by atoms with Gasteiger partial charge in [-0.3, -0.25) is 4.90 Å². The summed E-state index contributed by atoms with van der Waals surface area (Å²) in [7, 11) is 0. The summed E-state index contributed by atoms with van der Waals surface area (Å²) in [5.41, 5.74) is 2.10. The molecule has 19 heavy (non-hydrogen) atoms. The quantitative estimate of drug-likeness (QED) is 0.881. The fourth-order valence-corrected chi connectivity index (χ4v) is 3.12. The molecule has 1 saturated heterocycles. The van der Waals surface area contributed by atoms with Crippen LogP contribution in [-0.4, -0.2) is 54.4 Å². The number of aliphatic hydroxyl groups excluding tert-OH is 2. The highest BCUT2D eigenvalue weighted by Gasteiger charge is 2.17. The number of piperazine rings is 1. The average Bonchev–Trinajstić information content (AvgIpc) is 2.39. The molecule has 1 aliphatic rings. The smallest absolute Gasteiger partial charge is 0.0772 e. The minimum Gasteiger partial charge on any atom is -0.395 e. The van der Waals surface area contributed by atoms with Crippen molar-refractivity contribution in [2.75, 3.05) is 44.2 Å². The second kappa shape index (κ2) is 6.70. The van der Waals surface area contributed by atoms with Gasteiger partial charge in [-0.15, -0.1) is 0 Å². The second-order valence-corrected chi connectivity index (χ2v) is 5.79. The molecule has 5 heteroatoms. The van der Waals surface area contributed by atoms with Crippen LogP contribution in [0.4, 0.5) is 5.69 Å². The van der Waals surface area contributed by atoms with Crippen LogP contribution in [0.3, 0.4) is 0 Å². The molecule has 0 amide bonds. The zero-order valence-corrected chi connectivity index (χ0v) is 12.8. The van der Waals surface area contributed by atoms with Gasteiger partial charge in [0.1, 0.15) is 0 Å². The van der Waals surface area contributed by atoms with Gasteiger partial charge in [-0.2, -0.15) is 0 Å². The predicted molar refractivity (Wildman–Crippen MR) is 80.5 cm³/mol. The van der Waals surface area contributed by atoms with Crippen LogP contribution in [0, 0.1) is 0 Å². The Kier molecular flexibility index (Phi) is 5.21. The summed E-state index contributed by atoms with van der Waals surface area (Å²) in [6, 6.07) is 6.11. The van der Waals surface area contributed by atoms with E-state index in [-0.39, 0.29) is 6.61 Å². The Morgan fingerprint density at radius 1 is 1.26 bits per heavy atom. The first-order valence-electron chi connectivity index (χ1n) is 6.67. The first-order chi connectivity index (χ1) is 9.11. The highest BCUT2D eigenvalue weighted by atomic mass is 79.9. The topological polar surface area (TPSA) is 46.9 Å². The molecular weight excluding hydrogens is 308 g/mol. The second-order valence-electron chi connectivity index (χ2n) is 4.93. The third kappa shape index (κ3) is 3.69. The van der Waals surface area contributed by atoms with Crippen molar-refractivity contribution < 1.29 is 10.2 Å². The van der Waals surface area contributed by atoms with E-state index in [2.05, 4.69) is 37.9 Å². The third-order valence-electron chi connectivity index (χ3n) is 3.59. The monoisotopic (exact) mass is 328 g/mol. The number of aliphatic hydroxyl groups is 2. The highest BCUT2D eigenvalue weighted by molar-refractivity contribution is 9.10. The van der Waals surface area contributed by atoms with Crippen molar-refractivity contribution in [3.05, 3.63) is 28.2 Å². The third-order valence-corrected chi connectivity index (χ3v) is 4.27. The van der Waals surface area contributed by atoms with Crippen molar-refractivity contribution in [3.63, 3.8) is 0 Å². The lowest BCUT2D eigenvalue weighted by Gasteiger charge is -2.36. The summed E-state index contributed by atoms with van der Waals surface area (Å²) in [5.74, 6) is 0. The molecule has 0 saturated carbocycles. The normalized spacial score (nSPS) is 18.6. The maximum Gasteiger partial charge on any atom is 0.0772 e. The molecule has 0 bridgehead atoms. The van der Waals surface area contributed by atoms with Crippen molar-refractivity contribution in [1.82, 2.24) is 4.90 Å². The molecule has 2 rings (SSSR count). The summed E-state index contributed by atoms with van der Waals surface area (Å²) >= 11 is 3.52. The molecule has 0 unspecified atom stereocenters. The molecule has 1 aromatic rings. The number of β-amino-alcohol motifs (C(OH)–C–C–N with tert-alkyl or cyclic N) is 1. The number of anilines is 1. The molecule has 1 aromatic carbocycles. The van der Waals surface area contributed by atoms with Crippen molar-refractivity contribution in [1.29, 1.82) is 0 Å². The molecular formula is C14H21BrN2O2. The molecule has 0 aromatic heterocycles. The SMILES string of the molecule is C[C@@H](O)c1ccc(N2CCN(CCO)CC2)cc1Br. The average molecular weight is 329 g/mol. The van der Waals surface area contributed by atoms with Gasteiger partial charge >= 0.3 is 0 Å². The van der Waals surface area contributed by atoms with E-state index < -0.39 is 6.10 Å². The van der Waals surface area contributed by atoms with E-state index in [1.807, 2.05) is 6.07 Å². The minimum atomic E-state index is -0.454. The van der Waals surface area contributed by atoms with Gasteiger partial charge in [0, 0.05) is 42.9 Å². The van der Waals surface area contributed by atoms with Crippen LogP contribution in [0.15, 0.2) is 22.7 Å². The van der Waals surface area contributed by atoms with Gasteiger partial charge in [0.25, 0.3) is 0 Å². The summed E-state index contributed by atoms with van der Waals surface area (Å²) in [6.07, 6.45) is -0.454. The van der Waals surface area contributed by atoms with Gasteiger partial charge < -0.3 is 15.1 Å². The Labute approximate surface area is 122 Å². The molecule has 0 radical (unpaired) electrons. The van der Waals surface area contributed by atoms with Crippen LogP contribution >= 0.6 is 15.9 Å². The van der Waals surface area contributed by atoms with Gasteiger partial charge in [0.05, 0.1) is 12.7 Å². The molecule has 106 valence electrons. The van der Waals surface area contributed by atoms with E-state index in [0.717, 1.165) is 42.8 Å². The minimum absolute atomic E-state index is 0.231. The number of benzene rings is 1. The van der Waals surface area contributed by atoms with Crippen molar-refractivity contribution >= 4 is 21.6 Å². The highest BCUT2D eigenvalue weighted by Crippen LogP contribution is 2.28. The standard InChI is InChI=1S/C14H21BrN2O2/c1-11(19)13-3-2-12(10-14(13)15)17-6-4-16(5-7-17)8-9-18/h2-3,10-11,18-19H,4-9H2,1H3/t11-/m1/s1. The molecule has 0 aliphatic carbocycles. The number of hydrogen-bond acceptors (Lipinski definition) is 4. The first-order valence-corrected chi connectivity index (χ1v) is 7.47. The van der Waals surface area contributed by atoms with Gasteiger partial charge in [-0.1, -0.05) is 22.0 Å². The predicted octanol–water partition coefficient (Wildman–Crippen LogP) is 1.62. The summed E-state index contributed by atoms with van der Waals surface area (Å²) < 4.78 is 0.956. The molecule has 1 heterocycles. The summed E-state index contributed by atoms with van der Waals surface area (Å²) in [5, 5.41) is 18.6. The number of hydrogen-bond donors (Lipinski definition) is 2. The zero-order valence-electron chi connectivity index (χ0n) is 11.2. The maximum atomic E-state index is 9.63. The fourth-order valence-electron chi connectivity index (χ4n) is 2.42. The number of halogens is 1. The van der Waals surface area contributed by atoms with Gasteiger partial charge in [-0.25, -0.2) is 0 Å². The number of rotatable bonds is 4. The molecule has 2 N–H and O–H groups in total. The Bertz CT molecular complexity index is 418. The Balaban J connectivity index is 2.02. The molecule has 1 atom stereocenters. The molecule has 0 spiro atoms. The van der Waals surface area contributed by atoms with Crippen LogP contribution in [0.5, 0.6) is 0 Å². The Morgan fingerprint density at radius 2 is 1.95 bits per heavy atom. The first kappa shape index (κ1) is 14.8. The van der Waals surface area contributed by atoms with E-state index in [1.54, 1.807) is 6.92 Å². The lowest BCUT2D eigenvalue weighted by atomic mass is 10.1. The van der Waals surface area contributed by atoms with E-state index >= 15 is 0 Å². The van der Waals surface area contributed by atoms with Crippen LogP contribution in [-0.2, 0) is 0 Å². The lowest BCUT2D eigenvalue weighted by molar-refractivity contribution is 0.188. The summed E-state index contributed by atoms with van der Waals surface area (Å²) in [4.78, 5) is 4.61. The Hall–Kier alpha value is -0.620. The number of nitrogens with zero attached hydrogens (tertiary/aromatic N) is 2. The molecule has 1 fully saturated rings. The van der Waals surface area contributed by atoms with Crippen LogP contribution in [0.2, 0.25) is 0 Å².